The second kappa shape index (κ2) is 10.5. The molecule has 11 heteroatoms. The van der Waals surface area contributed by atoms with Crippen molar-refractivity contribution in [2.45, 2.75) is 9.79 Å². The zero-order valence-corrected chi connectivity index (χ0v) is 23.9. The van der Waals surface area contributed by atoms with Gasteiger partial charge in [-0.3, -0.25) is 0 Å². The number of sulfone groups is 1. The van der Waals surface area contributed by atoms with E-state index in [2.05, 4.69) is 0 Å². The van der Waals surface area contributed by atoms with Crippen LogP contribution in [0.15, 0.2) is 70.5 Å². The Morgan fingerprint density at radius 3 is 1.03 bits per heavy atom. The number of hydrogen-bond acceptors (Lipinski definition) is 2. The summed E-state index contributed by atoms with van der Waals surface area (Å²) >= 11 is 51.7. The first-order valence-electron chi connectivity index (χ1n) is 9.57. The van der Waals surface area contributed by atoms with Crippen LogP contribution < -0.4 is 0 Å². The quantitative estimate of drug-likeness (QED) is 0.163. The van der Waals surface area contributed by atoms with Crippen molar-refractivity contribution < 1.29 is 8.42 Å². The highest BCUT2D eigenvalue weighted by Crippen LogP contribution is 2.53. The van der Waals surface area contributed by atoms with Crippen LogP contribution in [0.1, 0.15) is 0 Å². The van der Waals surface area contributed by atoms with Crippen LogP contribution in [0.4, 0.5) is 0 Å². The van der Waals surface area contributed by atoms with Crippen LogP contribution in [0, 0.1) is 0 Å². The van der Waals surface area contributed by atoms with E-state index in [-0.39, 0.29) is 51.3 Å². The maximum Gasteiger partial charge on any atom is 0.212 e. The van der Waals surface area contributed by atoms with Crippen molar-refractivity contribution in [3.8, 4) is 22.3 Å². The van der Waals surface area contributed by atoms with E-state index in [1.165, 1.54) is 0 Å². The highest BCUT2D eigenvalue weighted by atomic mass is 35.5. The van der Waals surface area contributed by atoms with E-state index < -0.39 is 19.6 Å². The van der Waals surface area contributed by atoms with Crippen molar-refractivity contribution in [3.63, 3.8) is 0 Å². The van der Waals surface area contributed by atoms with E-state index >= 15 is 0 Å². The lowest BCUT2D eigenvalue weighted by molar-refractivity contribution is 0.596. The van der Waals surface area contributed by atoms with Crippen LogP contribution >= 0.6 is 92.8 Å². The van der Waals surface area contributed by atoms with Gasteiger partial charge in [-0.2, -0.15) is 0 Å². The Hall–Kier alpha value is -0.850. The molecule has 0 fully saturated rings. The predicted octanol–water partition coefficient (Wildman–Crippen LogP) is 11.1. The Morgan fingerprint density at radius 2 is 0.714 bits per heavy atom. The number of rotatable bonds is 4. The normalized spacial score (nSPS) is 11.7. The van der Waals surface area contributed by atoms with E-state index in [0.717, 1.165) is 0 Å². The molecule has 0 bridgehead atoms. The van der Waals surface area contributed by atoms with Crippen LogP contribution in [-0.2, 0) is 9.84 Å². The number of hydrogen-bond donors (Lipinski definition) is 0. The molecule has 0 atom stereocenters. The van der Waals surface area contributed by atoms with Gasteiger partial charge >= 0.3 is 0 Å². The third-order valence-corrected chi connectivity index (χ3v) is 10.9. The summed E-state index contributed by atoms with van der Waals surface area (Å²) in [6, 6.07) is 17.3. The molecule has 4 aromatic rings. The van der Waals surface area contributed by atoms with Gasteiger partial charge in [-0.1, -0.05) is 153 Å². The summed E-state index contributed by atoms with van der Waals surface area (Å²) in [4.78, 5) is -1.04. The summed E-state index contributed by atoms with van der Waals surface area (Å²) in [5, 5.41) is -1.71. The Bertz CT molecular complexity index is 1460. The standard InChI is InChI=1S/C24H10Cl8O2S/c25-15-13(11-7-3-1-4-8-11)17(27)23(21(31)19(15)29)35(33,34)24-18(28)14(12-9-5-2-6-10-12)16(26)20(30)22(24)32/h1-10H. The molecule has 0 aliphatic carbocycles. The van der Waals surface area contributed by atoms with Gasteiger partial charge in [-0.05, 0) is 11.1 Å². The Labute approximate surface area is 242 Å². The van der Waals surface area contributed by atoms with Crippen molar-refractivity contribution >= 4 is 103 Å². The number of halogens is 8. The molecule has 0 amide bonds. The zero-order valence-electron chi connectivity index (χ0n) is 17.0. The van der Waals surface area contributed by atoms with Crippen LogP contribution in [-0.4, -0.2) is 8.42 Å². The minimum absolute atomic E-state index is 0.0110. The maximum absolute atomic E-state index is 14.1. The molecule has 0 saturated heterocycles. The second-order valence-corrected chi connectivity index (χ2v) is 12.0. The van der Waals surface area contributed by atoms with Crippen LogP contribution in [0.3, 0.4) is 0 Å². The van der Waals surface area contributed by atoms with E-state index in [4.69, 9.17) is 92.8 Å². The Kier molecular flexibility index (Phi) is 8.15. The minimum atomic E-state index is -4.62. The molecule has 0 saturated carbocycles. The molecule has 0 radical (unpaired) electrons. The SMILES string of the molecule is O=S(=O)(c1c(Cl)c(Cl)c(Cl)c(-c2ccccc2)c1Cl)c1c(Cl)c(Cl)c(Cl)c(-c2ccccc2)c1Cl. The summed E-state index contributed by atoms with van der Waals surface area (Å²) in [5.41, 5.74) is 1.40. The largest absolute Gasteiger partial charge is 0.218 e. The third kappa shape index (κ3) is 4.65. The van der Waals surface area contributed by atoms with Gasteiger partial charge in [0.2, 0.25) is 9.84 Å². The molecular formula is C24H10Cl8O2S. The summed E-state index contributed by atoms with van der Waals surface area (Å²) in [7, 11) is -4.62. The molecule has 4 aromatic carbocycles. The first-order valence-corrected chi connectivity index (χ1v) is 14.1. The van der Waals surface area contributed by atoms with E-state index in [0.29, 0.717) is 11.1 Å². The molecule has 4 rings (SSSR count). The zero-order chi connectivity index (χ0) is 25.7. The van der Waals surface area contributed by atoms with Crippen molar-refractivity contribution in [1.29, 1.82) is 0 Å². The fourth-order valence-electron chi connectivity index (χ4n) is 3.51. The summed E-state index contributed by atoms with van der Waals surface area (Å²) in [6.45, 7) is 0. The maximum atomic E-state index is 14.1. The molecule has 0 aliphatic rings. The van der Waals surface area contributed by atoms with E-state index in [9.17, 15) is 8.42 Å². The third-order valence-electron chi connectivity index (χ3n) is 5.11. The van der Waals surface area contributed by atoms with Crippen molar-refractivity contribution in [2.75, 3.05) is 0 Å². The van der Waals surface area contributed by atoms with Gasteiger partial charge < -0.3 is 0 Å². The highest BCUT2D eigenvalue weighted by Gasteiger charge is 2.36. The molecule has 0 N–H and O–H groups in total. The lowest BCUT2D eigenvalue weighted by Crippen LogP contribution is -2.08. The summed E-state index contributed by atoms with van der Waals surface area (Å²) in [5.74, 6) is 0. The predicted molar refractivity (Wildman–Crippen MR) is 149 cm³/mol. The Balaban J connectivity index is 2.11. The van der Waals surface area contributed by atoms with Gasteiger partial charge in [0.15, 0.2) is 0 Å². The summed E-state index contributed by atoms with van der Waals surface area (Å²) < 4.78 is 28.1. The van der Waals surface area contributed by atoms with Crippen LogP contribution in [0.25, 0.3) is 22.3 Å². The van der Waals surface area contributed by atoms with Gasteiger partial charge in [0.05, 0.1) is 40.2 Å². The molecule has 0 unspecified atom stereocenters. The molecule has 35 heavy (non-hydrogen) atoms. The fraction of sp³-hybridized carbons (Fsp3) is 0. The first-order chi connectivity index (χ1) is 16.5. The first kappa shape index (κ1) is 27.2. The molecule has 2 nitrogen and oxygen atoms in total. The van der Waals surface area contributed by atoms with Crippen LogP contribution in [0.5, 0.6) is 0 Å². The molecular weight excluding hydrogens is 636 g/mol. The monoisotopic (exact) mass is 642 g/mol. The highest BCUT2D eigenvalue weighted by molar-refractivity contribution is 7.92. The van der Waals surface area contributed by atoms with Gasteiger partial charge in [0.1, 0.15) is 9.79 Å². The topological polar surface area (TPSA) is 34.1 Å². The molecule has 180 valence electrons. The average Bonchev–Trinajstić information content (AvgIpc) is 2.82. The van der Waals surface area contributed by atoms with E-state index in [1.54, 1.807) is 60.7 Å². The molecule has 0 aliphatic heterocycles. The molecule has 0 spiro atoms. The lowest BCUT2D eigenvalue weighted by atomic mass is 10.1. The van der Waals surface area contributed by atoms with Crippen molar-refractivity contribution in [3.05, 3.63) is 101 Å². The summed E-state index contributed by atoms with van der Waals surface area (Å²) in [6.07, 6.45) is 0. The second-order valence-electron chi connectivity index (χ2n) is 7.16. The van der Waals surface area contributed by atoms with Gasteiger partial charge in [0, 0.05) is 11.1 Å². The lowest BCUT2D eigenvalue weighted by Gasteiger charge is -2.20. The van der Waals surface area contributed by atoms with Gasteiger partial charge in [-0.15, -0.1) is 0 Å². The van der Waals surface area contributed by atoms with Crippen molar-refractivity contribution in [2.24, 2.45) is 0 Å². The van der Waals surface area contributed by atoms with E-state index in [1.807, 2.05) is 0 Å². The van der Waals surface area contributed by atoms with Gasteiger partial charge in [-0.25, -0.2) is 8.42 Å². The number of benzene rings is 4. The smallest absolute Gasteiger partial charge is 0.212 e. The van der Waals surface area contributed by atoms with Crippen molar-refractivity contribution in [1.82, 2.24) is 0 Å². The van der Waals surface area contributed by atoms with Gasteiger partial charge in [0.25, 0.3) is 0 Å². The van der Waals surface area contributed by atoms with Crippen LogP contribution in [0.2, 0.25) is 40.2 Å². The molecule has 0 heterocycles. The minimum Gasteiger partial charge on any atom is -0.218 e. The fourth-order valence-corrected chi connectivity index (χ4v) is 8.64. The average molecular weight is 646 g/mol. The Morgan fingerprint density at radius 1 is 0.400 bits per heavy atom. The molecule has 0 aromatic heterocycles.